The van der Waals surface area contributed by atoms with Gasteiger partial charge >= 0.3 is 0 Å². The third kappa shape index (κ3) is 5.45. The first-order valence-electron chi connectivity index (χ1n) is 18.7. The molecule has 11 rings (SSSR count). The van der Waals surface area contributed by atoms with Crippen LogP contribution in [0.3, 0.4) is 0 Å². The van der Waals surface area contributed by atoms with Gasteiger partial charge in [0.2, 0.25) is 0 Å². The van der Waals surface area contributed by atoms with Crippen molar-refractivity contribution in [2.75, 3.05) is 0 Å². The zero-order valence-corrected chi connectivity index (χ0v) is 30.1. The molecule has 3 heterocycles. The summed E-state index contributed by atoms with van der Waals surface area (Å²) in [6.07, 6.45) is 0. The van der Waals surface area contributed by atoms with Crippen LogP contribution in [0.15, 0.2) is 197 Å². The quantitative estimate of drug-likeness (QED) is 0.171. The molecule has 11 aromatic rings. The van der Waals surface area contributed by atoms with Crippen molar-refractivity contribution in [2.45, 2.75) is 0 Å². The van der Waals surface area contributed by atoms with Gasteiger partial charge in [0.05, 0.1) is 0 Å². The largest absolute Gasteiger partial charge is 0.456 e. The van der Waals surface area contributed by atoms with E-state index in [-0.39, 0.29) is 0 Å². The Hall–Kier alpha value is -7.63. The van der Waals surface area contributed by atoms with E-state index in [1.165, 1.54) is 0 Å². The summed E-state index contributed by atoms with van der Waals surface area (Å²) in [7, 11) is 0. The molecule has 0 saturated carbocycles. The first kappa shape index (κ1) is 31.9. The van der Waals surface area contributed by atoms with Gasteiger partial charge in [0.25, 0.3) is 0 Å². The second-order valence-corrected chi connectivity index (χ2v) is 14.0. The molecule has 5 nitrogen and oxygen atoms in total. The highest BCUT2D eigenvalue weighted by atomic mass is 16.3. The van der Waals surface area contributed by atoms with Crippen LogP contribution in [0.25, 0.3) is 111 Å². The molecular formula is C51H31N3O2. The molecule has 0 unspecified atom stereocenters. The Morgan fingerprint density at radius 1 is 0.268 bits per heavy atom. The summed E-state index contributed by atoms with van der Waals surface area (Å²) in [5.74, 6) is 1.80. The Morgan fingerprint density at radius 2 is 0.821 bits per heavy atom. The molecule has 0 fully saturated rings. The Kier molecular flexibility index (Phi) is 7.42. The summed E-state index contributed by atoms with van der Waals surface area (Å²) < 4.78 is 13.0. The fourth-order valence-corrected chi connectivity index (χ4v) is 7.83. The molecule has 0 saturated heterocycles. The molecule has 0 atom stereocenters. The normalized spacial score (nSPS) is 11.6. The maximum atomic E-state index is 6.81. The number of rotatable bonds is 6. The highest BCUT2D eigenvalue weighted by Crippen LogP contribution is 2.42. The van der Waals surface area contributed by atoms with Gasteiger partial charge in [-0.3, -0.25) is 0 Å². The Labute approximate surface area is 322 Å². The first-order chi connectivity index (χ1) is 27.7. The van der Waals surface area contributed by atoms with Crippen LogP contribution in [0, 0.1) is 0 Å². The van der Waals surface area contributed by atoms with E-state index in [2.05, 4.69) is 140 Å². The second-order valence-electron chi connectivity index (χ2n) is 14.0. The van der Waals surface area contributed by atoms with Crippen LogP contribution in [0.4, 0.5) is 0 Å². The lowest BCUT2D eigenvalue weighted by molar-refractivity contribution is 0.669. The van der Waals surface area contributed by atoms with Crippen LogP contribution in [-0.2, 0) is 0 Å². The summed E-state index contributed by atoms with van der Waals surface area (Å²) in [5.41, 5.74) is 12.6. The first-order valence-corrected chi connectivity index (χ1v) is 18.7. The molecule has 0 aliphatic heterocycles. The lowest BCUT2D eigenvalue weighted by atomic mass is 9.93. The van der Waals surface area contributed by atoms with Crippen molar-refractivity contribution in [3.63, 3.8) is 0 Å². The van der Waals surface area contributed by atoms with Crippen LogP contribution in [0.5, 0.6) is 0 Å². The maximum absolute atomic E-state index is 6.81. The number of fused-ring (bicyclic) bond motifs is 6. The van der Waals surface area contributed by atoms with Gasteiger partial charge in [0.1, 0.15) is 22.3 Å². The number of hydrogen-bond donors (Lipinski definition) is 0. The van der Waals surface area contributed by atoms with Crippen molar-refractivity contribution in [3.8, 4) is 67.5 Å². The summed E-state index contributed by atoms with van der Waals surface area (Å²) in [6.45, 7) is 0. The number of nitrogens with zero attached hydrogens (tertiary/aromatic N) is 3. The molecule has 56 heavy (non-hydrogen) atoms. The third-order valence-electron chi connectivity index (χ3n) is 10.6. The molecule has 0 amide bonds. The molecular weight excluding hydrogens is 687 g/mol. The average Bonchev–Trinajstić information content (AvgIpc) is 3.85. The van der Waals surface area contributed by atoms with E-state index in [1.807, 2.05) is 48.5 Å². The molecule has 0 aliphatic rings. The molecule has 0 N–H and O–H groups in total. The number of aromatic nitrogens is 3. The van der Waals surface area contributed by atoms with E-state index in [0.29, 0.717) is 17.5 Å². The van der Waals surface area contributed by atoms with E-state index < -0.39 is 0 Å². The predicted octanol–water partition coefficient (Wildman–Crippen LogP) is 13.7. The number of furan rings is 2. The van der Waals surface area contributed by atoms with Crippen LogP contribution in [0.2, 0.25) is 0 Å². The Balaban J connectivity index is 1.04. The molecule has 3 aromatic heterocycles. The molecule has 0 bridgehead atoms. The number of para-hydroxylation sites is 2. The minimum atomic E-state index is 0.578. The van der Waals surface area contributed by atoms with Crippen molar-refractivity contribution in [1.82, 2.24) is 15.0 Å². The molecule has 0 radical (unpaired) electrons. The van der Waals surface area contributed by atoms with Crippen molar-refractivity contribution in [3.05, 3.63) is 188 Å². The summed E-state index contributed by atoms with van der Waals surface area (Å²) in [4.78, 5) is 15.1. The zero-order valence-electron chi connectivity index (χ0n) is 30.1. The van der Waals surface area contributed by atoms with Crippen molar-refractivity contribution < 1.29 is 8.83 Å². The fraction of sp³-hybridized carbons (Fsp3) is 0. The minimum Gasteiger partial charge on any atom is -0.456 e. The minimum absolute atomic E-state index is 0.578. The second kappa shape index (κ2) is 13.0. The molecule has 262 valence electrons. The van der Waals surface area contributed by atoms with Crippen molar-refractivity contribution >= 4 is 43.9 Å². The molecule has 0 spiro atoms. The monoisotopic (exact) mass is 717 g/mol. The number of hydrogen-bond acceptors (Lipinski definition) is 5. The highest BCUT2D eigenvalue weighted by molar-refractivity contribution is 6.12. The van der Waals surface area contributed by atoms with Gasteiger partial charge in [0, 0.05) is 43.8 Å². The van der Waals surface area contributed by atoms with E-state index >= 15 is 0 Å². The molecule has 8 aromatic carbocycles. The topological polar surface area (TPSA) is 65.0 Å². The third-order valence-corrected chi connectivity index (χ3v) is 10.6. The van der Waals surface area contributed by atoms with Crippen molar-refractivity contribution in [1.29, 1.82) is 0 Å². The molecule has 0 aliphatic carbocycles. The van der Waals surface area contributed by atoms with Gasteiger partial charge < -0.3 is 8.83 Å². The van der Waals surface area contributed by atoms with Crippen LogP contribution in [-0.4, -0.2) is 15.0 Å². The SMILES string of the molecule is c1ccc(-c2cccc(-c3nc(-c4ccccc4)nc(-c4ccc5c(c4)oc4c(-c6ccccc6-c6ccc7oc8ccccc8c7c6)cccc45)n3)c2)cc1. The fourth-order valence-electron chi connectivity index (χ4n) is 7.83. The van der Waals surface area contributed by atoms with Gasteiger partial charge in [0.15, 0.2) is 17.5 Å². The van der Waals surface area contributed by atoms with Crippen molar-refractivity contribution in [2.24, 2.45) is 0 Å². The average molecular weight is 718 g/mol. The Morgan fingerprint density at radius 3 is 1.64 bits per heavy atom. The number of benzene rings is 8. The van der Waals surface area contributed by atoms with Gasteiger partial charge in [-0.2, -0.15) is 0 Å². The standard InChI is InChI=1S/C51H31N3O2/c1-3-13-32(14-4-1)34-17-11-18-36(29-34)50-52-49(33-15-5-2-6-16-33)53-51(54-50)37-25-27-41-43-23-12-22-42(48(43)56-47(41)31-37)39-20-8-7-19-38(39)35-26-28-46-44(30-35)40-21-9-10-24-45(40)55-46/h1-31H. The smallest absolute Gasteiger partial charge is 0.164 e. The van der Waals surface area contributed by atoms with Crippen LogP contribution >= 0.6 is 0 Å². The van der Waals surface area contributed by atoms with Gasteiger partial charge in [-0.05, 0) is 64.2 Å². The lowest BCUT2D eigenvalue weighted by Crippen LogP contribution is -2.00. The zero-order chi connectivity index (χ0) is 37.0. The molecule has 5 heteroatoms. The van der Waals surface area contributed by atoms with Gasteiger partial charge in [-0.25, -0.2) is 15.0 Å². The maximum Gasteiger partial charge on any atom is 0.164 e. The van der Waals surface area contributed by atoms with E-state index in [0.717, 1.165) is 93.9 Å². The lowest BCUT2D eigenvalue weighted by Gasteiger charge is -2.11. The van der Waals surface area contributed by atoms with Gasteiger partial charge in [-0.1, -0.05) is 152 Å². The summed E-state index contributed by atoms with van der Waals surface area (Å²) in [6, 6.07) is 64.6. The van der Waals surface area contributed by atoms with Gasteiger partial charge in [-0.15, -0.1) is 0 Å². The van der Waals surface area contributed by atoms with E-state index in [9.17, 15) is 0 Å². The Bertz CT molecular complexity index is 3250. The van der Waals surface area contributed by atoms with E-state index in [4.69, 9.17) is 23.8 Å². The highest BCUT2D eigenvalue weighted by Gasteiger charge is 2.19. The van der Waals surface area contributed by atoms with Crippen LogP contribution < -0.4 is 0 Å². The van der Waals surface area contributed by atoms with E-state index in [1.54, 1.807) is 0 Å². The predicted molar refractivity (Wildman–Crippen MR) is 227 cm³/mol. The summed E-state index contributed by atoms with van der Waals surface area (Å²) >= 11 is 0. The van der Waals surface area contributed by atoms with Crippen LogP contribution in [0.1, 0.15) is 0 Å². The summed E-state index contributed by atoms with van der Waals surface area (Å²) in [5, 5.41) is 4.29.